The van der Waals surface area contributed by atoms with Crippen molar-refractivity contribution in [2.75, 3.05) is 31.6 Å². The summed E-state index contributed by atoms with van der Waals surface area (Å²) in [6, 6.07) is 5.80. The van der Waals surface area contributed by atoms with Crippen LogP contribution in [0.1, 0.15) is 12.6 Å². The number of aromatic nitrogens is 1. The summed E-state index contributed by atoms with van der Waals surface area (Å²) in [5.74, 6) is 0.691. The molecule has 1 aromatic rings. The average molecular weight is 426 g/mol. The molecule has 0 atom stereocenters. The number of pyridine rings is 1. The minimum Gasteiger partial charge on any atom is -0.357 e. The molecule has 0 spiro atoms. The fraction of sp³-hybridized carbons (Fsp3) is 0.538. The van der Waals surface area contributed by atoms with E-state index in [1.165, 1.54) is 6.26 Å². The van der Waals surface area contributed by atoms with Crippen LogP contribution in [-0.2, 0) is 16.3 Å². The molecule has 0 aliphatic carbocycles. The Kier molecular flexibility index (Phi) is 10.3. The number of nitrogens with zero attached hydrogens (tertiary/aromatic N) is 2. The van der Waals surface area contributed by atoms with Crippen LogP contribution in [0.25, 0.3) is 0 Å². The van der Waals surface area contributed by atoms with Crippen LogP contribution in [0.2, 0.25) is 0 Å². The Balaban J connectivity index is 0.00000400. The number of nitrogens with one attached hydrogen (secondary N) is 2. The standard InChI is InChI=1S/C13H22N4O2S.HI/c1-3-14-13(17-10-11-20(2,18)19)16-9-7-12-6-4-5-8-15-12;/h4-6,8H,3,7,9-11H2,1-2H3,(H2,14,16,17);1H. The van der Waals surface area contributed by atoms with Crippen LogP contribution in [0, 0.1) is 0 Å². The summed E-state index contributed by atoms with van der Waals surface area (Å²) in [4.78, 5) is 8.46. The van der Waals surface area contributed by atoms with E-state index in [0.717, 1.165) is 18.7 Å². The molecule has 8 heteroatoms. The van der Waals surface area contributed by atoms with Crippen molar-refractivity contribution in [3.63, 3.8) is 0 Å². The first-order valence-electron chi connectivity index (χ1n) is 6.61. The SMILES string of the molecule is CCNC(=NCCS(C)(=O)=O)NCCc1ccccn1.I. The van der Waals surface area contributed by atoms with E-state index in [9.17, 15) is 8.42 Å². The lowest BCUT2D eigenvalue weighted by molar-refractivity contribution is 0.601. The number of sulfone groups is 1. The van der Waals surface area contributed by atoms with Crippen LogP contribution < -0.4 is 10.6 Å². The zero-order valence-corrected chi connectivity index (χ0v) is 15.5. The molecule has 0 saturated carbocycles. The molecule has 0 aromatic carbocycles. The quantitative estimate of drug-likeness (QED) is 0.384. The number of hydrogen-bond donors (Lipinski definition) is 2. The van der Waals surface area contributed by atoms with Crippen molar-refractivity contribution in [1.29, 1.82) is 0 Å². The van der Waals surface area contributed by atoms with Crippen LogP contribution >= 0.6 is 24.0 Å². The first kappa shape index (κ1) is 20.1. The minimum absolute atomic E-state index is 0. The smallest absolute Gasteiger partial charge is 0.191 e. The maximum absolute atomic E-state index is 11.1. The van der Waals surface area contributed by atoms with Crippen molar-refractivity contribution in [2.24, 2.45) is 4.99 Å². The molecule has 0 amide bonds. The van der Waals surface area contributed by atoms with Gasteiger partial charge >= 0.3 is 0 Å². The summed E-state index contributed by atoms with van der Waals surface area (Å²) in [6.45, 7) is 3.65. The fourth-order valence-electron chi connectivity index (χ4n) is 1.52. The Morgan fingerprint density at radius 1 is 1.33 bits per heavy atom. The third kappa shape index (κ3) is 10.5. The Morgan fingerprint density at radius 2 is 2.10 bits per heavy atom. The number of halogens is 1. The highest BCUT2D eigenvalue weighted by molar-refractivity contribution is 14.0. The largest absolute Gasteiger partial charge is 0.357 e. The first-order valence-corrected chi connectivity index (χ1v) is 8.67. The first-order chi connectivity index (χ1) is 9.51. The summed E-state index contributed by atoms with van der Waals surface area (Å²) in [7, 11) is -2.97. The van der Waals surface area contributed by atoms with Crippen LogP contribution in [0.3, 0.4) is 0 Å². The fourth-order valence-corrected chi connectivity index (χ4v) is 1.94. The van der Waals surface area contributed by atoms with Gasteiger partial charge in [0.25, 0.3) is 0 Å². The van der Waals surface area contributed by atoms with Gasteiger partial charge in [0.2, 0.25) is 0 Å². The van der Waals surface area contributed by atoms with Crippen molar-refractivity contribution in [3.05, 3.63) is 30.1 Å². The monoisotopic (exact) mass is 426 g/mol. The van der Waals surface area contributed by atoms with E-state index in [4.69, 9.17) is 0 Å². The predicted octanol–water partition coefficient (Wildman–Crippen LogP) is 0.842. The van der Waals surface area contributed by atoms with E-state index in [1.807, 2.05) is 25.1 Å². The van der Waals surface area contributed by atoms with E-state index in [0.29, 0.717) is 12.5 Å². The molecule has 0 aliphatic heterocycles. The molecule has 21 heavy (non-hydrogen) atoms. The van der Waals surface area contributed by atoms with Crippen molar-refractivity contribution in [3.8, 4) is 0 Å². The van der Waals surface area contributed by atoms with Gasteiger partial charge in [0.15, 0.2) is 5.96 Å². The summed E-state index contributed by atoms with van der Waals surface area (Å²) in [5, 5.41) is 6.24. The molecule has 120 valence electrons. The van der Waals surface area contributed by atoms with Crippen LogP contribution in [0.5, 0.6) is 0 Å². The summed E-state index contributed by atoms with van der Waals surface area (Å²) >= 11 is 0. The van der Waals surface area contributed by atoms with Gasteiger partial charge in [0.1, 0.15) is 9.84 Å². The molecule has 0 aliphatic rings. The molecular formula is C13H23IN4O2S. The van der Waals surface area contributed by atoms with Gasteiger partial charge in [-0.25, -0.2) is 8.42 Å². The summed E-state index contributed by atoms with van der Waals surface area (Å²) in [5.41, 5.74) is 1.01. The number of hydrogen-bond acceptors (Lipinski definition) is 4. The second-order valence-electron chi connectivity index (χ2n) is 4.39. The van der Waals surface area contributed by atoms with Crippen molar-refractivity contribution in [1.82, 2.24) is 15.6 Å². The minimum atomic E-state index is -2.97. The number of rotatable bonds is 7. The van der Waals surface area contributed by atoms with Crippen LogP contribution in [0.4, 0.5) is 0 Å². The van der Waals surface area contributed by atoms with E-state index in [-0.39, 0.29) is 36.3 Å². The van der Waals surface area contributed by atoms with Gasteiger partial charge in [-0.3, -0.25) is 9.98 Å². The highest BCUT2D eigenvalue weighted by atomic mass is 127. The number of guanidine groups is 1. The molecule has 0 saturated heterocycles. The van der Waals surface area contributed by atoms with Crippen LogP contribution in [-0.4, -0.2) is 51.0 Å². The maximum atomic E-state index is 11.1. The van der Waals surface area contributed by atoms with Gasteiger partial charge in [-0.1, -0.05) is 6.07 Å². The summed E-state index contributed by atoms with van der Waals surface area (Å²) < 4.78 is 22.1. The van der Waals surface area contributed by atoms with Gasteiger partial charge in [0.05, 0.1) is 12.3 Å². The molecule has 1 aromatic heterocycles. The molecule has 0 radical (unpaired) electrons. The molecule has 0 bridgehead atoms. The normalized spacial score (nSPS) is 11.6. The van der Waals surface area contributed by atoms with E-state index in [2.05, 4.69) is 20.6 Å². The van der Waals surface area contributed by atoms with E-state index >= 15 is 0 Å². The zero-order chi connectivity index (χ0) is 14.8. The second kappa shape index (κ2) is 10.8. The molecule has 1 heterocycles. The van der Waals surface area contributed by atoms with Gasteiger partial charge in [0, 0.05) is 37.7 Å². The molecule has 6 nitrogen and oxygen atoms in total. The van der Waals surface area contributed by atoms with Crippen molar-refractivity contribution >= 4 is 39.8 Å². The summed E-state index contributed by atoms with van der Waals surface area (Å²) in [6.07, 6.45) is 3.77. The van der Waals surface area contributed by atoms with Crippen LogP contribution in [0.15, 0.2) is 29.4 Å². The lowest BCUT2D eigenvalue weighted by Crippen LogP contribution is -2.38. The molecule has 2 N–H and O–H groups in total. The maximum Gasteiger partial charge on any atom is 0.191 e. The van der Waals surface area contributed by atoms with Gasteiger partial charge < -0.3 is 10.6 Å². The van der Waals surface area contributed by atoms with Gasteiger partial charge in [-0.2, -0.15) is 0 Å². The second-order valence-corrected chi connectivity index (χ2v) is 6.65. The lowest BCUT2D eigenvalue weighted by atomic mass is 10.3. The highest BCUT2D eigenvalue weighted by Crippen LogP contribution is 1.93. The van der Waals surface area contributed by atoms with Crippen molar-refractivity contribution in [2.45, 2.75) is 13.3 Å². The van der Waals surface area contributed by atoms with E-state index in [1.54, 1.807) is 6.20 Å². The predicted molar refractivity (Wildman–Crippen MR) is 97.0 cm³/mol. The number of aliphatic imine (C=N–C) groups is 1. The molecular weight excluding hydrogens is 403 g/mol. The topological polar surface area (TPSA) is 83.5 Å². The van der Waals surface area contributed by atoms with Crippen molar-refractivity contribution < 1.29 is 8.42 Å². The Hall–Kier alpha value is -0.900. The Morgan fingerprint density at radius 3 is 2.67 bits per heavy atom. The molecule has 0 fully saturated rings. The van der Waals surface area contributed by atoms with E-state index < -0.39 is 9.84 Å². The zero-order valence-electron chi connectivity index (χ0n) is 12.4. The average Bonchev–Trinajstić information content (AvgIpc) is 2.38. The highest BCUT2D eigenvalue weighted by Gasteiger charge is 2.02. The van der Waals surface area contributed by atoms with Gasteiger partial charge in [-0.05, 0) is 19.1 Å². The molecule has 0 unspecified atom stereocenters. The third-order valence-electron chi connectivity index (χ3n) is 2.48. The lowest BCUT2D eigenvalue weighted by Gasteiger charge is -2.10. The Bertz CT molecular complexity index is 520. The third-order valence-corrected chi connectivity index (χ3v) is 3.40. The molecule has 1 rings (SSSR count). The Labute approximate surface area is 143 Å². The van der Waals surface area contributed by atoms with Gasteiger partial charge in [-0.15, -0.1) is 24.0 Å².